The number of carbonyl (C=O) groups excluding carboxylic acids is 1. The maximum atomic E-state index is 13.6. The van der Waals surface area contributed by atoms with Crippen molar-refractivity contribution in [3.8, 4) is 0 Å². The van der Waals surface area contributed by atoms with Crippen molar-refractivity contribution in [2.75, 3.05) is 0 Å². The van der Waals surface area contributed by atoms with Gasteiger partial charge in [-0.3, -0.25) is 9.69 Å². The third-order valence-corrected chi connectivity index (χ3v) is 4.79. The number of benzene rings is 2. The van der Waals surface area contributed by atoms with Gasteiger partial charge in [0.15, 0.2) is 0 Å². The summed E-state index contributed by atoms with van der Waals surface area (Å²) in [5.41, 5.74) is 2.68. The Balaban J connectivity index is 1.45. The molecule has 5 heteroatoms. The fraction of sp³-hybridized carbons (Fsp3) is 0.261. The second kappa shape index (κ2) is 8.40. The van der Waals surface area contributed by atoms with Gasteiger partial charge >= 0.3 is 0 Å². The largest absolute Gasteiger partial charge is 0.468 e. The highest BCUT2D eigenvalue weighted by Crippen LogP contribution is 2.20. The molecular formula is C23H23FN2O2. The van der Waals surface area contributed by atoms with Crippen LogP contribution in [0.5, 0.6) is 0 Å². The number of rotatable bonds is 8. The lowest BCUT2D eigenvalue weighted by Gasteiger charge is -2.22. The number of carbonyl (C=O) groups is 1. The Hall–Kier alpha value is -2.92. The zero-order valence-electron chi connectivity index (χ0n) is 15.6. The van der Waals surface area contributed by atoms with E-state index in [1.54, 1.807) is 18.4 Å². The number of nitrogens with one attached hydrogen (secondary N) is 1. The van der Waals surface area contributed by atoms with Gasteiger partial charge in [-0.05, 0) is 60.4 Å². The standard InChI is InChI=1S/C23H23FN2O2/c24-20-4-1-3-18(13-20)15-26(16-22-5-2-12-28-22)14-17-6-8-19(9-7-17)23(27)25-21-10-11-21/h1-9,12-13,21H,10-11,14-16H2,(H,25,27). The summed E-state index contributed by atoms with van der Waals surface area (Å²) >= 11 is 0. The lowest BCUT2D eigenvalue weighted by Crippen LogP contribution is -2.25. The molecule has 1 saturated carbocycles. The number of nitrogens with zero attached hydrogens (tertiary/aromatic N) is 1. The first-order chi connectivity index (χ1) is 13.7. The van der Waals surface area contributed by atoms with Gasteiger partial charge in [0.1, 0.15) is 11.6 Å². The molecule has 1 aliphatic carbocycles. The van der Waals surface area contributed by atoms with E-state index in [2.05, 4.69) is 10.2 Å². The van der Waals surface area contributed by atoms with Crippen LogP contribution in [-0.4, -0.2) is 16.8 Å². The summed E-state index contributed by atoms with van der Waals surface area (Å²) < 4.78 is 19.0. The fourth-order valence-corrected chi connectivity index (χ4v) is 3.20. The maximum absolute atomic E-state index is 13.6. The molecule has 1 fully saturated rings. The molecule has 1 aromatic heterocycles. The molecule has 0 saturated heterocycles. The van der Waals surface area contributed by atoms with Gasteiger partial charge in [-0.25, -0.2) is 4.39 Å². The van der Waals surface area contributed by atoms with E-state index in [1.165, 1.54) is 6.07 Å². The van der Waals surface area contributed by atoms with Crippen LogP contribution < -0.4 is 5.32 Å². The molecular weight excluding hydrogens is 355 g/mol. The number of halogens is 1. The number of furan rings is 1. The molecule has 1 N–H and O–H groups in total. The first-order valence-electron chi connectivity index (χ1n) is 9.55. The van der Waals surface area contributed by atoms with Crippen molar-refractivity contribution in [2.24, 2.45) is 0 Å². The summed E-state index contributed by atoms with van der Waals surface area (Å²) in [6, 6.07) is 18.5. The van der Waals surface area contributed by atoms with Gasteiger partial charge in [0.2, 0.25) is 0 Å². The van der Waals surface area contributed by atoms with Crippen molar-refractivity contribution in [1.29, 1.82) is 0 Å². The van der Waals surface area contributed by atoms with Crippen LogP contribution in [-0.2, 0) is 19.6 Å². The molecule has 0 radical (unpaired) electrons. The van der Waals surface area contributed by atoms with Crippen LogP contribution in [0.1, 0.15) is 40.1 Å². The zero-order valence-corrected chi connectivity index (χ0v) is 15.6. The summed E-state index contributed by atoms with van der Waals surface area (Å²) in [7, 11) is 0. The Labute approximate surface area is 164 Å². The number of hydrogen-bond acceptors (Lipinski definition) is 3. The summed E-state index contributed by atoms with van der Waals surface area (Å²) in [6.45, 7) is 1.89. The minimum atomic E-state index is -0.235. The molecule has 0 bridgehead atoms. The molecule has 2 aromatic carbocycles. The normalized spacial score (nSPS) is 13.6. The second-order valence-corrected chi connectivity index (χ2v) is 7.30. The van der Waals surface area contributed by atoms with Crippen molar-refractivity contribution in [3.05, 3.63) is 95.2 Å². The van der Waals surface area contributed by atoms with Crippen LogP contribution in [0.15, 0.2) is 71.3 Å². The minimum absolute atomic E-state index is 0.0127. The molecule has 0 unspecified atom stereocenters. The van der Waals surface area contributed by atoms with Crippen LogP contribution >= 0.6 is 0 Å². The first kappa shape index (κ1) is 18.4. The molecule has 1 amide bonds. The van der Waals surface area contributed by atoms with Gasteiger partial charge in [-0.2, -0.15) is 0 Å². The monoisotopic (exact) mass is 378 g/mol. The summed E-state index contributed by atoms with van der Waals surface area (Å²) in [5, 5.41) is 3.00. The third-order valence-electron chi connectivity index (χ3n) is 4.79. The fourth-order valence-electron chi connectivity index (χ4n) is 3.20. The predicted octanol–water partition coefficient (Wildman–Crippen LogP) is 4.51. The molecule has 0 spiro atoms. The molecule has 144 valence electrons. The van der Waals surface area contributed by atoms with Crippen LogP contribution in [0, 0.1) is 5.82 Å². The molecule has 0 atom stereocenters. The van der Waals surface area contributed by atoms with E-state index in [0.29, 0.717) is 31.2 Å². The Morgan fingerprint density at radius 1 is 1.00 bits per heavy atom. The van der Waals surface area contributed by atoms with Crippen LogP contribution in [0.3, 0.4) is 0 Å². The molecule has 28 heavy (non-hydrogen) atoms. The van der Waals surface area contributed by atoms with Gasteiger partial charge in [0, 0.05) is 24.7 Å². The molecule has 4 rings (SSSR count). The quantitative estimate of drug-likeness (QED) is 0.627. The smallest absolute Gasteiger partial charge is 0.251 e. The predicted molar refractivity (Wildman–Crippen MR) is 105 cm³/mol. The van der Waals surface area contributed by atoms with E-state index in [-0.39, 0.29) is 11.7 Å². The lowest BCUT2D eigenvalue weighted by molar-refractivity contribution is 0.0951. The number of hydrogen-bond donors (Lipinski definition) is 1. The highest BCUT2D eigenvalue weighted by atomic mass is 19.1. The van der Waals surface area contributed by atoms with E-state index >= 15 is 0 Å². The SMILES string of the molecule is O=C(NC1CC1)c1ccc(CN(Cc2cccc(F)c2)Cc2ccco2)cc1. The third kappa shape index (κ3) is 5.08. The average Bonchev–Trinajstić information content (AvgIpc) is 3.34. The van der Waals surface area contributed by atoms with Gasteiger partial charge in [0.25, 0.3) is 5.91 Å². The molecule has 1 aliphatic rings. The van der Waals surface area contributed by atoms with E-state index in [9.17, 15) is 9.18 Å². The molecule has 1 heterocycles. The van der Waals surface area contributed by atoms with Gasteiger partial charge in [-0.15, -0.1) is 0 Å². The maximum Gasteiger partial charge on any atom is 0.251 e. The molecule has 0 aliphatic heterocycles. The van der Waals surface area contributed by atoms with Crippen LogP contribution in [0.25, 0.3) is 0 Å². The number of amides is 1. The Bertz CT molecular complexity index is 918. The van der Waals surface area contributed by atoms with Crippen LogP contribution in [0.4, 0.5) is 4.39 Å². The zero-order chi connectivity index (χ0) is 19.3. The minimum Gasteiger partial charge on any atom is -0.468 e. The van der Waals surface area contributed by atoms with Gasteiger partial charge in [0.05, 0.1) is 12.8 Å². The summed E-state index contributed by atoms with van der Waals surface area (Å²) in [6.07, 6.45) is 3.81. The van der Waals surface area contributed by atoms with Crippen LogP contribution in [0.2, 0.25) is 0 Å². The van der Waals surface area contributed by atoms with Gasteiger partial charge < -0.3 is 9.73 Å². The van der Waals surface area contributed by atoms with E-state index in [0.717, 1.165) is 29.7 Å². The average molecular weight is 378 g/mol. The topological polar surface area (TPSA) is 45.5 Å². The van der Waals surface area contributed by atoms with Crippen molar-refractivity contribution < 1.29 is 13.6 Å². The van der Waals surface area contributed by atoms with Gasteiger partial charge in [-0.1, -0.05) is 24.3 Å². The summed E-state index contributed by atoms with van der Waals surface area (Å²) in [4.78, 5) is 14.3. The molecule has 3 aromatic rings. The molecule has 4 nitrogen and oxygen atoms in total. The Kier molecular flexibility index (Phi) is 5.53. The van der Waals surface area contributed by atoms with E-state index in [1.807, 2.05) is 42.5 Å². The van der Waals surface area contributed by atoms with E-state index < -0.39 is 0 Å². The summed E-state index contributed by atoms with van der Waals surface area (Å²) in [5.74, 6) is 0.611. The first-order valence-corrected chi connectivity index (χ1v) is 9.55. The highest BCUT2D eigenvalue weighted by molar-refractivity contribution is 5.94. The van der Waals surface area contributed by atoms with Crippen molar-refractivity contribution >= 4 is 5.91 Å². The van der Waals surface area contributed by atoms with Crippen molar-refractivity contribution in [3.63, 3.8) is 0 Å². The lowest BCUT2D eigenvalue weighted by atomic mass is 10.1. The Morgan fingerprint density at radius 3 is 2.46 bits per heavy atom. The second-order valence-electron chi connectivity index (χ2n) is 7.30. The Morgan fingerprint density at radius 2 is 1.79 bits per heavy atom. The van der Waals surface area contributed by atoms with E-state index in [4.69, 9.17) is 4.42 Å². The van der Waals surface area contributed by atoms with Crippen molar-refractivity contribution in [2.45, 2.75) is 38.5 Å². The highest BCUT2D eigenvalue weighted by Gasteiger charge is 2.23. The van der Waals surface area contributed by atoms with Crippen molar-refractivity contribution in [1.82, 2.24) is 10.2 Å².